The van der Waals surface area contributed by atoms with Crippen molar-refractivity contribution >= 4 is 27.3 Å². The summed E-state index contributed by atoms with van der Waals surface area (Å²) in [6.45, 7) is 3.01. The Balaban J connectivity index is 1.64. The molecule has 1 N–H and O–H groups in total. The molecule has 3 rings (SSSR count). The molecule has 2 aromatic rings. The highest BCUT2D eigenvalue weighted by atomic mass is 35.5. The minimum absolute atomic E-state index is 0.0846. The number of nitro groups is 1. The van der Waals surface area contributed by atoms with Gasteiger partial charge in [0.2, 0.25) is 10.0 Å². The number of hydrogen-bond acceptors (Lipinski definition) is 4. The van der Waals surface area contributed by atoms with Crippen LogP contribution in [-0.2, 0) is 16.6 Å². The molecule has 1 fully saturated rings. The Hall–Kier alpha value is -2.00. The van der Waals surface area contributed by atoms with Crippen molar-refractivity contribution in [1.82, 2.24) is 4.31 Å². The maximum atomic E-state index is 12.7. The second-order valence-corrected chi connectivity index (χ2v) is 8.59. The maximum absolute atomic E-state index is 12.7. The fourth-order valence-electron chi connectivity index (χ4n) is 3.04. The summed E-state index contributed by atoms with van der Waals surface area (Å²) in [5.41, 5.74) is 0.999. The zero-order valence-corrected chi connectivity index (χ0v) is 15.5. The molecule has 1 saturated heterocycles. The van der Waals surface area contributed by atoms with Crippen LogP contribution in [0.4, 0.5) is 5.69 Å². The van der Waals surface area contributed by atoms with Crippen LogP contribution in [-0.4, -0.2) is 43.8 Å². The van der Waals surface area contributed by atoms with Crippen LogP contribution in [0.1, 0.15) is 5.56 Å². The number of nitrogens with one attached hydrogen (secondary N) is 1. The smallest absolute Gasteiger partial charge is 0.269 e. The highest BCUT2D eigenvalue weighted by Crippen LogP contribution is 2.19. The number of quaternary nitrogens is 1. The Bertz CT molecular complexity index is 894. The van der Waals surface area contributed by atoms with Crippen molar-refractivity contribution in [2.45, 2.75) is 11.4 Å². The van der Waals surface area contributed by atoms with Crippen molar-refractivity contribution in [2.24, 2.45) is 0 Å². The molecule has 0 saturated carbocycles. The van der Waals surface area contributed by atoms with Crippen molar-refractivity contribution in [3.8, 4) is 0 Å². The molecule has 0 amide bonds. The second-order valence-electron chi connectivity index (χ2n) is 6.21. The average molecular weight is 397 g/mol. The van der Waals surface area contributed by atoms with Crippen LogP contribution in [0, 0.1) is 10.1 Å². The quantitative estimate of drug-likeness (QED) is 0.610. The van der Waals surface area contributed by atoms with Crippen molar-refractivity contribution in [3.05, 3.63) is 69.2 Å². The van der Waals surface area contributed by atoms with Crippen LogP contribution >= 0.6 is 11.6 Å². The summed E-state index contributed by atoms with van der Waals surface area (Å²) in [5.74, 6) is 0. The number of hydrogen-bond donors (Lipinski definition) is 1. The number of sulfonamides is 1. The van der Waals surface area contributed by atoms with Gasteiger partial charge in [-0.05, 0) is 24.3 Å². The summed E-state index contributed by atoms with van der Waals surface area (Å²) in [5, 5.41) is 11.4. The monoisotopic (exact) mass is 396 g/mol. The van der Waals surface area contributed by atoms with Gasteiger partial charge >= 0.3 is 0 Å². The number of nitro benzene ring substituents is 1. The van der Waals surface area contributed by atoms with E-state index in [1.165, 1.54) is 33.5 Å². The predicted molar refractivity (Wildman–Crippen MR) is 97.7 cm³/mol. The van der Waals surface area contributed by atoms with Gasteiger partial charge in [0.25, 0.3) is 5.69 Å². The van der Waals surface area contributed by atoms with Gasteiger partial charge in [0, 0.05) is 22.7 Å². The van der Waals surface area contributed by atoms with Gasteiger partial charge in [-0.15, -0.1) is 0 Å². The maximum Gasteiger partial charge on any atom is 0.269 e. The first kappa shape index (κ1) is 18.8. The van der Waals surface area contributed by atoms with Gasteiger partial charge in [-0.2, -0.15) is 4.31 Å². The number of non-ortho nitro benzene ring substituents is 1. The highest BCUT2D eigenvalue weighted by molar-refractivity contribution is 7.89. The molecule has 26 heavy (non-hydrogen) atoms. The molecule has 0 aliphatic carbocycles. The van der Waals surface area contributed by atoms with E-state index >= 15 is 0 Å². The van der Waals surface area contributed by atoms with Crippen LogP contribution in [0.2, 0.25) is 5.02 Å². The molecule has 1 aliphatic heterocycles. The Kier molecular flexibility index (Phi) is 5.57. The summed E-state index contributed by atoms with van der Waals surface area (Å²) in [7, 11) is -3.63. The van der Waals surface area contributed by atoms with Gasteiger partial charge < -0.3 is 4.90 Å². The zero-order chi connectivity index (χ0) is 18.7. The first-order valence-corrected chi connectivity index (χ1v) is 10.0. The fourth-order valence-corrected chi connectivity index (χ4v) is 4.70. The second kappa shape index (κ2) is 7.71. The molecular weight excluding hydrogens is 378 g/mol. The summed E-state index contributed by atoms with van der Waals surface area (Å²) >= 11 is 6.01. The highest BCUT2D eigenvalue weighted by Gasteiger charge is 2.30. The molecule has 0 spiro atoms. The molecule has 0 unspecified atom stereocenters. The van der Waals surface area contributed by atoms with E-state index in [0.717, 1.165) is 12.1 Å². The third-order valence-corrected chi connectivity index (χ3v) is 6.61. The first-order valence-electron chi connectivity index (χ1n) is 8.19. The van der Waals surface area contributed by atoms with Crippen molar-refractivity contribution in [1.29, 1.82) is 0 Å². The Labute approximate surface area is 157 Å². The third-order valence-electron chi connectivity index (χ3n) is 4.46. The van der Waals surface area contributed by atoms with E-state index in [0.29, 0.717) is 31.2 Å². The lowest BCUT2D eigenvalue weighted by atomic mass is 10.2. The van der Waals surface area contributed by atoms with E-state index in [4.69, 9.17) is 11.6 Å². The Morgan fingerprint density at radius 1 is 1.12 bits per heavy atom. The number of rotatable bonds is 5. The van der Waals surface area contributed by atoms with Crippen molar-refractivity contribution in [2.75, 3.05) is 26.2 Å². The van der Waals surface area contributed by atoms with Crippen LogP contribution in [0.25, 0.3) is 0 Å². The molecule has 9 heteroatoms. The molecule has 0 radical (unpaired) electrons. The molecule has 1 aliphatic rings. The normalized spacial score (nSPS) is 16.5. The van der Waals surface area contributed by atoms with Gasteiger partial charge in [-0.25, -0.2) is 8.42 Å². The first-order chi connectivity index (χ1) is 12.4. The molecule has 7 nitrogen and oxygen atoms in total. The molecule has 1 heterocycles. The van der Waals surface area contributed by atoms with Crippen LogP contribution < -0.4 is 4.90 Å². The number of piperazine rings is 1. The summed E-state index contributed by atoms with van der Waals surface area (Å²) in [4.78, 5) is 11.5. The lowest BCUT2D eigenvalue weighted by molar-refractivity contribution is -0.917. The molecule has 0 bridgehead atoms. The van der Waals surface area contributed by atoms with Crippen molar-refractivity contribution < 1.29 is 18.2 Å². The number of benzene rings is 2. The lowest BCUT2D eigenvalue weighted by Crippen LogP contribution is -3.13. The standard InChI is InChI=1S/C17H18ClN3O4S/c18-15-3-1-2-14(12-15)13-19-8-10-20(11-9-19)26(24,25)17-6-4-16(5-7-17)21(22)23/h1-7,12H,8-11,13H2/p+1. The van der Waals surface area contributed by atoms with Crippen LogP contribution in [0.15, 0.2) is 53.4 Å². The van der Waals surface area contributed by atoms with E-state index in [-0.39, 0.29) is 10.6 Å². The number of halogens is 1. The van der Waals surface area contributed by atoms with Crippen LogP contribution in [0.5, 0.6) is 0 Å². The summed E-state index contributed by atoms with van der Waals surface area (Å²) < 4.78 is 26.9. The minimum atomic E-state index is -3.63. The van der Waals surface area contributed by atoms with Gasteiger partial charge in [0.05, 0.1) is 36.0 Å². The molecular formula is C17H19ClN3O4S+. The summed E-state index contributed by atoms with van der Waals surface area (Å²) in [6, 6.07) is 12.7. The molecule has 138 valence electrons. The number of nitrogens with zero attached hydrogens (tertiary/aromatic N) is 2. The minimum Gasteiger partial charge on any atom is -0.329 e. The average Bonchev–Trinajstić information content (AvgIpc) is 2.62. The zero-order valence-electron chi connectivity index (χ0n) is 14.0. The van der Waals surface area contributed by atoms with E-state index in [9.17, 15) is 18.5 Å². The summed E-state index contributed by atoms with van der Waals surface area (Å²) in [6.07, 6.45) is 0. The molecule has 0 aromatic heterocycles. The molecule has 0 atom stereocenters. The van der Waals surface area contributed by atoms with Crippen molar-refractivity contribution in [3.63, 3.8) is 0 Å². The Morgan fingerprint density at radius 3 is 2.35 bits per heavy atom. The van der Waals surface area contributed by atoms with Gasteiger partial charge in [0.1, 0.15) is 6.54 Å². The SMILES string of the molecule is O=[N+]([O-])c1ccc(S(=O)(=O)N2CC[NH+](Cc3cccc(Cl)c3)CC2)cc1. The third kappa shape index (κ3) is 4.21. The van der Waals surface area contributed by atoms with E-state index < -0.39 is 14.9 Å². The predicted octanol–water partition coefficient (Wildman–Crippen LogP) is 1.34. The Morgan fingerprint density at radius 2 is 1.77 bits per heavy atom. The topological polar surface area (TPSA) is 85.0 Å². The van der Waals surface area contributed by atoms with Gasteiger partial charge in [0.15, 0.2) is 0 Å². The molecule has 2 aromatic carbocycles. The van der Waals surface area contributed by atoms with Crippen LogP contribution in [0.3, 0.4) is 0 Å². The van der Waals surface area contributed by atoms with Gasteiger partial charge in [-0.3, -0.25) is 10.1 Å². The fraction of sp³-hybridized carbons (Fsp3) is 0.294. The largest absolute Gasteiger partial charge is 0.329 e. The van der Waals surface area contributed by atoms with E-state index in [2.05, 4.69) is 0 Å². The van der Waals surface area contributed by atoms with Gasteiger partial charge in [-0.1, -0.05) is 23.7 Å². The van der Waals surface area contributed by atoms with E-state index in [1.807, 2.05) is 24.3 Å². The van der Waals surface area contributed by atoms with E-state index in [1.54, 1.807) is 0 Å². The lowest BCUT2D eigenvalue weighted by Gasteiger charge is -2.31.